The molecular formula is C12H26N4O6. The van der Waals surface area contributed by atoms with Gasteiger partial charge in [0.15, 0.2) is 12.2 Å². The molecule has 8 N–H and O–H groups in total. The fraction of sp³-hybridized carbons (Fsp3) is 0.833. The molecule has 22 heavy (non-hydrogen) atoms. The summed E-state index contributed by atoms with van der Waals surface area (Å²) in [6, 6.07) is -0.776. The number of carboxylic acids is 2. The fourth-order valence-corrected chi connectivity index (χ4v) is 1.42. The van der Waals surface area contributed by atoms with Gasteiger partial charge in [-0.25, -0.2) is 9.59 Å². The molecule has 0 aliphatic rings. The Hall–Kier alpha value is -1.30. The van der Waals surface area contributed by atoms with Crippen molar-refractivity contribution >= 4 is 11.9 Å². The molecular weight excluding hydrogens is 296 g/mol. The van der Waals surface area contributed by atoms with Crippen LogP contribution in [0.2, 0.25) is 0 Å². The highest BCUT2D eigenvalue weighted by Crippen LogP contribution is 2.11. The minimum Gasteiger partial charge on any atom is -0.479 e. The maximum atomic E-state index is 11.3. The summed E-state index contributed by atoms with van der Waals surface area (Å²) in [6.45, 7) is 3.32. The van der Waals surface area contributed by atoms with Crippen molar-refractivity contribution in [1.29, 1.82) is 0 Å². The van der Waals surface area contributed by atoms with Gasteiger partial charge in [0.1, 0.15) is 12.5 Å². The predicted octanol–water partition coefficient (Wildman–Crippen LogP) is -2.29. The van der Waals surface area contributed by atoms with Crippen LogP contribution in [-0.4, -0.2) is 73.0 Å². The maximum Gasteiger partial charge on any atom is 0.336 e. The van der Waals surface area contributed by atoms with Gasteiger partial charge in [-0.05, 0) is 27.9 Å². The molecule has 0 aromatic rings. The molecule has 0 spiro atoms. The molecule has 0 saturated heterocycles. The first-order valence-electron chi connectivity index (χ1n) is 6.77. The molecule has 0 aromatic heterocycles. The van der Waals surface area contributed by atoms with Crippen LogP contribution < -0.4 is 22.1 Å². The smallest absolute Gasteiger partial charge is 0.336 e. The van der Waals surface area contributed by atoms with Crippen molar-refractivity contribution in [2.45, 2.75) is 50.6 Å². The van der Waals surface area contributed by atoms with E-state index in [9.17, 15) is 19.8 Å². The largest absolute Gasteiger partial charge is 0.479 e. The van der Waals surface area contributed by atoms with E-state index in [2.05, 4.69) is 10.6 Å². The normalized spacial score (nSPS) is 19.7. The average Bonchev–Trinajstić information content (AvgIpc) is 2.47. The van der Waals surface area contributed by atoms with Crippen LogP contribution in [0.25, 0.3) is 0 Å². The summed E-state index contributed by atoms with van der Waals surface area (Å²) >= 11 is 0. The van der Waals surface area contributed by atoms with E-state index in [-0.39, 0.29) is 12.1 Å². The van der Waals surface area contributed by atoms with E-state index in [0.717, 1.165) is 0 Å². The van der Waals surface area contributed by atoms with E-state index in [1.165, 1.54) is 0 Å². The Balaban J connectivity index is 5.12. The van der Waals surface area contributed by atoms with Gasteiger partial charge in [0.05, 0.1) is 0 Å². The zero-order chi connectivity index (χ0) is 17.4. The van der Waals surface area contributed by atoms with Gasteiger partial charge >= 0.3 is 11.9 Å². The molecule has 0 aromatic carbocycles. The van der Waals surface area contributed by atoms with Crippen LogP contribution in [-0.2, 0) is 19.1 Å². The van der Waals surface area contributed by atoms with Gasteiger partial charge in [0.25, 0.3) is 0 Å². The Morgan fingerprint density at radius 3 is 1.32 bits per heavy atom. The third kappa shape index (κ3) is 6.22. The van der Waals surface area contributed by atoms with Crippen molar-refractivity contribution in [3.63, 3.8) is 0 Å². The van der Waals surface area contributed by atoms with Crippen molar-refractivity contribution in [1.82, 2.24) is 10.6 Å². The van der Waals surface area contributed by atoms with Gasteiger partial charge < -0.3 is 41.8 Å². The number of carboxylic acid groups (broad SMARTS) is 2. The number of carbonyl (C=O) groups is 2. The zero-order valence-corrected chi connectivity index (χ0v) is 13.1. The third-order valence-electron chi connectivity index (χ3n) is 3.27. The molecule has 0 radical (unpaired) electrons. The van der Waals surface area contributed by atoms with Crippen LogP contribution in [0.3, 0.4) is 0 Å². The minimum absolute atomic E-state index is 0.388. The van der Waals surface area contributed by atoms with Crippen LogP contribution in [0.4, 0.5) is 0 Å². The van der Waals surface area contributed by atoms with Gasteiger partial charge in [-0.15, -0.1) is 0 Å². The molecule has 10 nitrogen and oxygen atoms in total. The Bertz CT molecular complexity index is 336. The zero-order valence-electron chi connectivity index (χ0n) is 13.1. The molecule has 6 atom stereocenters. The van der Waals surface area contributed by atoms with Crippen LogP contribution >= 0.6 is 0 Å². The van der Waals surface area contributed by atoms with E-state index in [0.29, 0.717) is 0 Å². The molecule has 0 fully saturated rings. The SMILES string of the molecule is CNC(C)C(N)OC(C(=O)O)C(OC(N)C(C)NC)C(=O)O. The first-order chi connectivity index (χ1) is 10.1. The maximum absolute atomic E-state index is 11.3. The third-order valence-corrected chi connectivity index (χ3v) is 3.27. The molecule has 130 valence electrons. The van der Waals surface area contributed by atoms with Gasteiger partial charge in [0, 0.05) is 12.1 Å². The first kappa shape index (κ1) is 20.7. The van der Waals surface area contributed by atoms with Gasteiger partial charge in [-0.1, -0.05) is 0 Å². The second-order valence-corrected chi connectivity index (χ2v) is 4.87. The summed E-state index contributed by atoms with van der Waals surface area (Å²) in [6.07, 6.45) is -5.65. The Labute approximate surface area is 129 Å². The van der Waals surface area contributed by atoms with Crippen molar-refractivity contribution in [2.24, 2.45) is 11.5 Å². The number of nitrogens with two attached hydrogens (primary N) is 2. The van der Waals surface area contributed by atoms with E-state index < -0.39 is 36.6 Å². The highest BCUT2D eigenvalue weighted by molar-refractivity contribution is 5.83. The number of nitrogens with one attached hydrogen (secondary N) is 2. The number of hydrogen-bond acceptors (Lipinski definition) is 8. The summed E-state index contributed by atoms with van der Waals surface area (Å²) in [5.41, 5.74) is 11.4. The van der Waals surface area contributed by atoms with Crippen molar-refractivity contribution in [2.75, 3.05) is 14.1 Å². The molecule has 10 heteroatoms. The number of aliphatic carboxylic acids is 2. The first-order valence-corrected chi connectivity index (χ1v) is 6.77. The van der Waals surface area contributed by atoms with Gasteiger partial charge in [0.2, 0.25) is 0 Å². The Kier molecular flexibility index (Phi) is 9.09. The molecule has 0 bridgehead atoms. The lowest BCUT2D eigenvalue weighted by molar-refractivity contribution is -0.189. The number of rotatable bonds is 11. The quantitative estimate of drug-likeness (QED) is 0.228. The molecule has 0 rings (SSSR count). The van der Waals surface area contributed by atoms with Gasteiger partial charge in [-0.3, -0.25) is 0 Å². The monoisotopic (exact) mass is 322 g/mol. The molecule has 0 saturated carbocycles. The second-order valence-electron chi connectivity index (χ2n) is 4.87. The van der Waals surface area contributed by atoms with E-state index in [1.807, 2.05) is 0 Å². The standard InChI is InChI=1S/C12H26N4O6/c1-5(15-3)9(13)21-7(11(17)18)8(12(19)20)22-10(14)6(2)16-4/h5-10,15-16H,13-14H2,1-4H3,(H,17,18)(H,19,20). The lowest BCUT2D eigenvalue weighted by Crippen LogP contribution is -2.55. The van der Waals surface area contributed by atoms with Crippen molar-refractivity contribution in [3.05, 3.63) is 0 Å². The molecule has 0 heterocycles. The van der Waals surface area contributed by atoms with E-state index in [1.54, 1.807) is 27.9 Å². The summed E-state index contributed by atoms with van der Waals surface area (Å²) in [5.74, 6) is -3.01. The minimum atomic E-state index is -1.79. The van der Waals surface area contributed by atoms with E-state index >= 15 is 0 Å². The lowest BCUT2D eigenvalue weighted by Gasteiger charge is -2.30. The molecule has 0 amide bonds. The molecule has 0 aliphatic heterocycles. The number of hydrogen-bond donors (Lipinski definition) is 6. The van der Waals surface area contributed by atoms with Crippen LogP contribution in [0.5, 0.6) is 0 Å². The average molecular weight is 322 g/mol. The number of ether oxygens (including phenoxy) is 2. The van der Waals surface area contributed by atoms with Crippen LogP contribution in [0.15, 0.2) is 0 Å². The van der Waals surface area contributed by atoms with Crippen LogP contribution in [0, 0.1) is 0 Å². The Morgan fingerprint density at radius 2 is 1.14 bits per heavy atom. The van der Waals surface area contributed by atoms with Gasteiger partial charge in [-0.2, -0.15) is 0 Å². The Morgan fingerprint density at radius 1 is 0.864 bits per heavy atom. The second kappa shape index (κ2) is 9.66. The fourth-order valence-electron chi connectivity index (χ4n) is 1.42. The van der Waals surface area contributed by atoms with Crippen molar-refractivity contribution < 1.29 is 29.3 Å². The summed E-state index contributed by atoms with van der Waals surface area (Å²) in [5, 5.41) is 24.0. The summed E-state index contributed by atoms with van der Waals surface area (Å²) < 4.78 is 10.3. The summed E-state index contributed by atoms with van der Waals surface area (Å²) in [4.78, 5) is 22.6. The van der Waals surface area contributed by atoms with Crippen LogP contribution in [0.1, 0.15) is 13.8 Å². The molecule has 0 aliphatic carbocycles. The topological polar surface area (TPSA) is 169 Å². The summed E-state index contributed by atoms with van der Waals surface area (Å²) in [7, 11) is 3.22. The molecule has 6 unspecified atom stereocenters. The number of likely N-dealkylation sites (N-methyl/N-ethyl adjacent to an activating group) is 2. The van der Waals surface area contributed by atoms with Crippen molar-refractivity contribution in [3.8, 4) is 0 Å². The highest BCUT2D eigenvalue weighted by Gasteiger charge is 2.39. The predicted molar refractivity (Wildman–Crippen MR) is 78.0 cm³/mol. The highest BCUT2D eigenvalue weighted by atomic mass is 16.6. The van der Waals surface area contributed by atoms with E-state index in [4.69, 9.17) is 20.9 Å². The lowest BCUT2D eigenvalue weighted by atomic mass is 10.2.